The molecule has 1 aromatic carbocycles. The molecule has 0 saturated heterocycles. The van der Waals surface area contributed by atoms with E-state index < -0.39 is 0 Å². The van der Waals surface area contributed by atoms with E-state index in [4.69, 9.17) is 0 Å². The molecule has 17 heavy (non-hydrogen) atoms. The van der Waals surface area contributed by atoms with Gasteiger partial charge in [-0.2, -0.15) is 4.37 Å². The standard InChI is InChI=1S/C11H12N4OS/c16-10(15-11-13-8-14-17-11)12-7-6-9-4-2-1-3-5-9/h1-5,8H,6-7H2,(H2,12,13,14,15,16). The number of urea groups is 1. The molecule has 0 unspecified atom stereocenters. The van der Waals surface area contributed by atoms with Gasteiger partial charge in [0.15, 0.2) is 0 Å². The van der Waals surface area contributed by atoms with Crippen LogP contribution < -0.4 is 10.6 Å². The number of hydrogen-bond donors (Lipinski definition) is 2. The van der Waals surface area contributed by atoms with Crippen LogP contribution >= 0.6 is 11.5 Å². The zero-order valence-electron chi connectivity index (χ0n) is 9.09. The van der Waals surface area contributed by atoms with Gasteiger partial charge in [-0.05, 0) is 12.0 Å². The number of hydrogen-bond acceptors (Lipinski definition) is 4. The van der Waals surface area contributed by atoms with Crippen molar-refractivity contribution in [3.63, 3.8) is 0 Å². The molecule has 1 aromatic heterocycles. The second kappa shape index (κ2) is 5.95. The molecule has 2 amide bonds. The highest BCUT2D eigenvalue weighted by Gasteiger charge is 2.02. The highest BCUT2D eigenvalue weighted by molar-refractivity contribution is 7.09. The van der Waals surface area contributed by atoms with E-state index in [9.17, 15) is 4.79 Å². The van der Waals surface area contributed by atoms with Gasteiger partial charge in [-0.15, -0.1) is 0 Å². The second-order valence-corrected chi connectivity index (χ2v) is 4.14. The second-order valence-electron chi connectivity index (χ2n) is 3.36. The summed E-state index contributed by atoms with van der Waals surface area (Å²) in [5.41, 5.74) is 1.20. The van der Waals surface area contributed by atoms with Gasteiger partial charge < -0.3 is 5.32 Å². The molecule has 2 aromatic rings. The fourth-order valence-corrected chi connectivity index (χ4v) is 1.76. The first-order valence-electron chi connectivity index (χ1n) is 5.20. The molecule has 88 valence electrons. The summed E-state index contributed by atoms with van der Waals surface area (Å²) in [5.74, 6) is 0. The van der Waals surface area contributed by atoms with Crippen molar-refractivity contribution >= 4 is 22.7 Å². The Hall–Kier alpha value is -1.95. The van der Waals surface area contributed by atoms with Gasteiger partial charge in [-0.1, -0.05) is 30.3 Å². The molecule has 2 rings (SSSR count). The zero-order chi connectivity index (χ0) is 11.9. The van der Waals surface area contributed by atoms with Crippen LogP contribution in [0, 0.1) is 0 Å². The van der Waals surface area contributed by atoms with Crippen LogP contribution in [0.15, 0.2) is 36.7 Å². The van der Waals surface area contributed by atoms with Gasteiger partial charge in [-0.3, -0.25) is 5.32 Å². The summed E-state index contributed by atoms with van der Waals surface area (Å²) in [5, 5.41) is 5.86. The lowest BCUT2D eigenvalue weighted by atomic mass is 10.1. The number of benzene rings is 1. The van der Waals surface area contributed by atoms with Crippen molar-refractivity contribution in [3.8, 4) is 0 Å². The molecule has 0 atom stereocenters. The average molecular weight is 248 g/mol. The van der Waals surface area contributed by atoms with Crippen LogP contribution in [-0.4, -0.2) is 21.9 Å². The van der Waals surface area contributed by atoms with Gasteiger partial charge in [0.1, 0.15) is 6.33 Å². The summed E-state index contributed by atoms with van der Waals surface area (Å²) in [6.45, 7) is 0.592. The molecule has 0 aliphatic carbocycles. The number of aromatic nitrogens is 2. The first kappa shape index (κ1) is 11.5. The number of amides is 2. The third kappa shape index (κ3) is 3.84. The predicted octanol–water partition coefficient (Wildman–Crippen LogP) is 1.90. The van der Waals surface area contributed by atoms with Crippen LogP contribution in [0.2, 0.25) is 0 Å². The van der Waals surface area contributed by atoms with Crippen LogP contribution in [0.1, 0.15) is 5.56 Å². The van der Waals surface area contributed by atoms with Crippen molar-refractivity contribution < 1.29 is 4.79 Å². The van der Waals surface area contributed by atoms with Crippen LogP contribution in [0.5, 0.6) is 0 Å². The molecule has 1 heterocycles. The van der Waals surface area contributed by atoms with E-state index in [-0.39, 0.29) is 6.03 Å². The summed E-state index contributed by atoms with van der Waals surface area (Å²) >= 11 is 1.15. The van der Waals surface area contributed by atoms with E-state index in [2.05, 4.69) is 20.0 Å². The van der Waals surface area contributed by atoms with E-state index in [0.29, 0.717) is 11.7 Å². The van der Waals surface area contributed by atoms with E-state index in [1.54, 1.807) is 0 Å². The molecule has 0 radical (unpaired) electrons. The topological polar surface area (TPSA) is 66.9 Å². The largest absolute Gasteiger partial charge is 0.337 e. The van der Waals surface area contributed by atoms with Crippen molar-refractivity contribution in [1.29, 1.82) is 0 Å². The molecule has 0 aliphatic rings. The quantitative estimate of drug-likeness (QED) is 0.868. The SMILES string of the molecule is O=C(NCCc1ccccc1)Nc1ncns1. The fraction of sp³-hybridized carbons (Fsp3) is 0.182. The van der Waals surface area contributed by atoms with Gasteiger partial charge in [0.25, 0.3) is 0 Å². The first-order chi connectivity index (χ1) is 8.34. The number of anilines is 1. The van der Waals surface area contributed by atoms with Crippen molar-refractivity contribution in [2.45, 2.75) is 6.42 Å². The Bertz CT molecular complexity index is 458. The minimum absolute atomic E-state index is 0.252. The van der Waals surface area contributed by atoms with Crippen LogP contribution in [0.3, 0.4) is 0 Å². The Morgan fingerprint density at radius 2 is 2.12 bits per heavy atom. The van der Waals surface area contributed by atoms with Crippen LogP contribution in [-0.2, 0) is 6.42 Å². The number of nitrogens with zero attached hydrogens (tertiary/aromatic N) is 2. The molecular weight excluding hydrogens is 236 g/mol. The Kier molecular flexibility index (Phi) is 4.04. The van der Waals surface area contributed by atoms with Crippen molar-refractivity contribution in [3.05, 3.63) is 42.2 Å². The number of rotatable bonds is 4. The summed E-state index contributed by atoms with van der Waals surface area (Å²) in [7, 11) is 0. The smallest absolute Gasteiger partial charge is 0.321 e. The number of nitrogens with one attached hydrogen (secondary N) is 2. The van der Waals surface area contributed by atoms with Gasteiger partial charge in [0, 0.05) is 18.1 Å². The Labute approximate surface area is 103 Å². The highest BCUT2D eigenvalue weighted by Crippen LogP contribution is 2.05. The van der Waals surface area contributed by atoms with Crippen molar-refractivity contribution in [2.24, 2.45) is 0 Å². The molecule has 0 fully saturated rings. The molecule has 5 nitrogen and oxygen atoms in total. The van der Waals surface area contributed by atoms with Crippen LogP contribution in [0.25, 0.3) is 0 Å². The van der Waals surface area contributed by atoms with Gasteiger partial charge in [0.2, 0.25) is 5.13 Å². The number of carbonyl (C=O) groups is 1. The molecule has 0 spiro atoms. The van der Waals surface area contributed by atoms with E-state index in [1.165, 1.54) is 11.9 Å². The highest BCUT2D eigenvalue weighted by atomic mass is 32.1. The molecular formula is C11H12N4OS. The molecule has 0 aliphatic heterocycles. The Morgan fingerprint density at radius 1 is 1.29 bits per heavy atom. The Balaban J connectivity index is 1.70. The zero-order valence-corrected chi connectivity index (χ0v) is 9.91. The van der Waals surface area contributed by atoms with E-state index in [1.807, 2.05) is 30.3 Å². The normalized spacial score (nSPS) is 9.88. The molecule has 0 bridgehead atoms. The third-order valence-corrected chi connectivity index (χ3v) is 2.70. The molecule has 2 N–H and O–H groups in total. The summed E-state index contributed by atoms with van der Waals surface area (Å²) in [6.07, 6.45) is 2.22. The monoisotopic (exact) mass is 248 g/mol. The maximum absolute atomic E-state index is 11.4. The fourth-order valence-electron chi connectivity index (χ4n) is 1.33. The average Bonchev–Trinajstić information content (AvgIpc) is 2.83. The third-order valence-electron chi connectivity index (χ3n) is 2.12. The summed E-state index contributed by atoms with van der Waals surface area (Å²) in [4.78, 5) is 15.3. The lowest BCUT2D eigenvalue weighted by Crippen LogP contribution is -2.30. The minimum atomic E-state index is -0.252. The number of carbonyl (C=O) groups excluding carboxylic acids is 1. The molecule has 6 heteroatoms. The van der Waals surface area contributed by atoms with E-state index >= 15 is 0 Å². The Morgan fingerprint density at radius 3 is 2.82 bits per heavy atom. The maximum Gasteiger partial charge on any atom is 0.321 e. The lowest BCUT2D eigenvalue weighted by molar-refractivity contribution is 0.252. The van der Waals surface area contributed by atoms with E-state index in [0.717, 1.165) is 18.0 Å². The summed E-state index contributed by atoms with van der Waals surface area (Å²) < 4.78 is 3.79. The van der Waals surface area contributed by atoms with Gasteiger partial charge in [0.05, 0.1) is 0 Å². The van der Waals surface area contributed by atoms with Crippen molar-refractivity contribution in [1.82, 2.24) is 14.7 Å². The van der Waals surface area contributed by atoms with Crippen LogP contribution in [0.4, 0.5) is 9.93 Å². The maximum atomic E-state index is 11.4. The predicted molar refractivity (Wildman–Crippen MR) is 67.1 cm³/mol. The summed E-state index contributed by atoms with van der Waals surface area (Å²) in [6, 6.07) is 9.75. The first-order valence-corrected chi connectivity index (χ1v) is 5.97. The van der Waals surface area contributed by atoms with Gasteiger partial charge >= 0.3 is 6.03 Å². The molecule has 0 saturated carbocycles. The lowest BCUT2D eigenvalue weighted by Gasteiger charge is -2.04. The van der Waals surface area contributed by atoms with Gasteiger partial charge in [-0.25, -0.2) is 9.78 Å². The van der Waals surface area contributed by atoms with Crippen molar-refractivity contribution in [2.75, 3.05) is 11.9 Å². The minimum Gasteiger partial charge on any atom is -0.337 e.